The van der Waals surface area contributed by atoms with Gasteiger partial charge in [-0.3, -0.25) is 4.99 Å². The zero-order chi connectivity index (χ0) is 22.2. The lowest BCUT2D eigenvalue weighted by Crippen LogP contribution is -2.27. The van der Waals surface area contributed by atoms with Gasteiger partial charge in [-0.05, 0) is 81.3 Å². The van der Waals surface area contributed by atoms with Crippen LogP contribution in [0.2, 0.25) is 0 Å². The van der Waals surface area contributed by atoms with Gasteiger partial charge in [0.1, 0.15) is 0 Å². The van der Waals surface area contributed by atoms with Crippen molar-refractivity contribution >= 4 is 29.1 Å². The Hall–Kier alpha value is -2.30. The van der Waals surface area contributed by atoms with Crippen molar-refractivity contribution in [3.05, 3.63) is 76.5 Å². The highest BCUT2D eigenvalue weighted by Crippen LogP contribution is 2.33. The first-order valence-corrected chi connectivity index (χ1v) is 11.6. The van der Waals surface area contributed by atoms with Crippen molar-refractivity contribution in [3.8, 4) is 0 Å². The summed E-state index contributed by atoms with van der Waals surface area (Å²) in [6.45, 7) is 10.1. The third-order valence-corrected chi connectivity index (χ3v) is 6.64. The predicted molar refractivity (Wildman–Crippen MR) is 136 cm³/mol. The monoisotopic (exact) mass is 434 g/mol. The van der Waals surface area contributed by atoms with Crippen molar-refractivity contribution in [2.75, 3.05) is 18.5 Å². The number of anilines is 1. The Morgan fingerprint density at radius 1 is 1.13 bits per heavy atom. The van der Waals surface area contributed by atoms with E-state index in [-0.39, 0.29) is 5.92 Å². The Labute approximate surface area is 192 Å². The van der Waals surface area contributed by atoms with Crippen LogP contribution in [0.25, 0.3) is 0 Å². The van der Waals surface area contributed by atoms with Crippen LogP contribution in [0.1, 0.15) is 54.9 Å². The molecule has 1 aliphatic heterocycles. The maximum atomic E-state index is 5.64. The molecule has 1 atom stereocenters. The lowest BCUT2D eigenvalue weighted by atomic mass is 9.85. The first-order chi connectivity index (χ1) is 15.0. The normalized spacial score (nSPS) is 16.5. The number of aliphatic imine (C=N–C) groups is 1. The molecule has 164 valence electrons. The number of thiocarbonyl (C=S) groups is 1. The number of aryl methyl sites for hydroxylation is 1. The highest BCUT2D eigenvalue weighted by Gasteiger charge is 2.20. The number of ether oxygens (including phenoxy) is 1. The molecule has 0 aliphatic carbocycles. The summed E-state index contributed by atoms with van der Waals surface area (Å²) in [5, 5.41) is 3.44. The van der Waals surface area contributed by atoms with Crippen LogP contribution in [0, 0.1) is 19.8 Å². The van der Waals surface area contributed by atoms with Crippen LogP contribution in [0.4, 0.5) is 5.69 Å². The Kier molecular flexibility index (Phi) is 8.56. The van der Waals surface area contributed by atoms with Gasteiger partial charge in [-0.1, -0.05) is 48.6 Å². The molecule has 1 aliphatic rings. The summed E-state index contributed by atoms with van der Waals surface area (Å²) in [5.74, 6) is 0.643. The number of nitrogens with zero attached hydrogens (tertiary/aromatic N) is 1. The molecule has 31 heavy (non-hydrogen) atoms. The van der Waals surface area contributed by atoms with Crippen LogP contribution in [0.5, 0.6) is 0 Å². The fourth-order valence-corrected chi connectivity index (χ4v) is 4.56. The Balaban J connectivity index is 1.78. The first-order valence-electron chi connectivity index (χ1n) is 11.2. The highest BCUT2D eigenvalue weighted by molar-refractivity contribution is 7.80. The molecule has 0 bridgehead atoms. The fraction of sp³-hybridized carbons (Fsp3) is 0.407. The number of rotatable bonds is 7. The van der Waals surface area contributed by atoms with Gasteiger partial charge in [0.25, 0.3) is 0 Å². The van der Waals surface area contributed by atoms with Crippen LogP contribution >= 0.6 is 12.2 Å². The van der Waals surface area contributed by atoms with Gasteiger partial charge in [-0.15, -0.1) is 0 Å². The van der Waals surface area contributed by atoms with Gasteiger partial charge in [-0.25, -0.2) is 0 Å². The maximum absolute atomic E-state index is 5.64. The zero-order valence-electron chi connectivity index (χ0n) is 19.2. The SMILES string of the molecule is CC=N/C(=C\C)C(Cc1ccc(NC(=S)C2CCOCC2)cc1)c1cccc(C)c1C. The van der Waals surface area contributed by atoms with E-state index in [1.54, 1.807) is 0 Å². The van der Waals surface area contributed by atoms with Gasteiger partial charge in [0, 0.05) is 42.6 Å². The van der Waals surface area contributed by atoms with Gasteiger partial charge in [0.2, 0.25) is 0 Å². The number of hydrogen-bond acceptors (Lipinski definition) is 3. The van der Waals surface area contributed by atoms with E-state index in [0.717, 1.165) is 48.8 Å². The van der Waals surface area contributed by atoms with Gasteiger partial charge < -0.3 is 10.1 Å². The third kappa shape index (κ3) is 6.11. The minimum Gasteiger partial charge on any atom is -0.381 e. The summed E-state index contributed by atoms with van der Waals surface area (Å²) in [4.78, 5) is 5.62. The average molecular weight is 435 g/mol. The quantitative estimate of drug-likeness (QED) is 0.385. The van der Waals surface area contributed by atoms with Crippen LogP contribution in [-0.4, -0.2) is 24.4 Å². The minimum atomic E-state index is 0.225. The van der Waals surface area contributed by atoms with Crippen molar-refractivity contribution in [1.82, 2.24) is 0 Å². The van der Waals surface area contributed by atoms with Gasteiger partial charge >= 0.3 is 0 Å². The van der Waals surface area contributed by atoms with Crippen molar-refractivity contribution < 1.29 is 4.74 Å². The third-order valence-electron chi connectivity index (χ3n) is 6.21. The average Bonchev–Trinajstić information content (AvgIpc) is 2.80. The Bertz CT molecular complexity index is 940. The van der Waals surface area contributed by atoms with Crippen molar-refractivity contribution in [2.45, 2.75) is 52.9 Å². The van der Waals surface area contributed by atoms with Crippen LogP contribution in [0.3, 0.4) is 0 Å². The summed E-state index contributed by atoms with van der Waals surface area (Å²) in [7, 11) is 0. The van der Waals surface area contributed by atoms with Crippen LogP contribution < -0.4 is 5.32 Å². The lowest BCUT2D eigenvalue weighted by molar-refractivity contribution is 0.0833. The van der Waals surface area contributed by atoms with Crippen molar-refractivity contribution in [2.24, 2.45) is 10.9 Å². The molecular formula is C27H34N2OS. The smallest absolute Gasteiger partial charge is 0.0830 e. The maximum Gasteiger partial charge on any atom is 0.0830 e. The van der Waals surface area contributed by atoms with Gasteiger partial charge in [-0.2, -0.15) is 0 Å². The van der Waals surface area contributed by atoms with Gasteiger partial charge in [0.15, 0.2) is 0 Å². The van der Waals surface area contributed by atoms with E-state index in [1.807, 2.05) is 13.1 Å². The first kappa shape index (κ1) is 23.4. The Morgan fingerprint density at radius 3 is 2.48 bits per heavy atom. The van der Waals surface area contributed by atoms with E-state index >= 15 is 0 Å². The van der Waals surface area contributed by atoms with E-state index in [1.165, 1.54) is 22.3 Å². The minimum absolute atomic E-state index is 0.225. The summed E-state index contributed by atoms with van der Waals surface area (Å²) in [5.41, 5.74) is 7.47. The Morgan fingerprint density at radius 2 is 1.84 bits per heavy atom. The van der Waals surface area contributed by atoms with E-state index in [0.29, 0.717) is 5.92 Å². The van der Waals surface area contributed by atoms with E-state index in [2.05, 4.69) is 74.6 Å². The number of nitrogens with one attached hydrogen (secondary N) is 1. The molecule has 3 rings (SSSR count). The summed E-state index contributed by atoms with van der Waals surface area (Å²) < 4.78 is 5.45. The molecule has 0 saturated carbocycles. The second-order valence-corrected chi connectivity index (χ2v) is 8.66. The predicted octanol–water partition coefficient (Wildman–Crippen LogP) is 6.79. The van der Waals surface area contributed by atoms with Gasteiger partial charge in [0.05, 0.1) is 4.99 Å². The largest absolute Gasteiger partial charge is 0.381 e. The molecule has 1 N–H and O–H groups in total. The molecule has 0 radical (unpaired) electrons. The standard InChI is InChI=1S/C27H34N2OS/c1-5-26(28-6-2)25(24-9-7-8-19(3)20(24)4)18-21-10-12-23(13-11-21)29-27(31)22-14-16-30-17-15-22/h5-13,22,25H,14-18H2,1-4H3,(H,29,31)/b26-5-,28-6?. The molecule has 1 heterocycles. The van der Waals surface area contributed by atoms with Crippen LogP contribution in [0.15, 0.2) is 59.2 Å². The molecule has 0 aromatic heterocycles. The molecule has 0 amide bonds. The second-order valence-electron chi connectivity index (χ2n) is 8.22. The second kappa shape index (κ2) is 11.4. The highest BCUT2D eigenvalue weighted by atomic mass is 32.1. The lowest BCUT2D eigenvalue weighted by Gasteiger charge is -2.24. The molecule has 4 heteroatoms. The van der Waals surface area contributed by atoms with Crippen molar-refractivity contribution in [1.29, 1.82) is 0 Å². The molecular weight excluding hydrogens is 400 g/mol. The van der Waals surface area contributed by atoms with E-state index in [4.69, 9.17) is 21.9 Å². The summed E-state index contributed by atoms with van der Waals surface area (Å²) >= 11 is 5.64. The molecule has 0 spiro atoms. The number of hydrogen-bond donors (Lipinski definition) is 1. The van der Waals surface area contributed by atoms with Crippen LogP contribution in [-0.2, 0) is 11.2 Å². The molecule has 1 saturated heterocycles. The van der Waals surface area contributed by atoms with E-state index < -0.39 is 0 Å². The van der Waals surface area contributed by atoms with Crippen molar-refractivity contribution in [3.63, 3.8) is 0 Å². The number of benzene rings is 2. The topological polar surface area (TPSA) is 33.6 Å². The summed E-state index contributed by atoms with van der Waals surface area (Å²) in [6, 6.07) is 15.3. The molecule has 2 aromatic rings. The molecule has 1 fully saturated rings. The zero-order valence-corrected chi connectivity index (χ0v) is 20.0. The van der Waals surface area contributed by atoms with E-state index in [9.17, 15) is 0 Å². The molecule has 1 unspecified atom stereocenters. The fourth-order valence-electron chi connectivity index (χ4n) is 4.20. The number of allylic oxidation sites excluding steroid dienone is 2. The molecule has 2 aromatic carbocycles. The summed E-state index contributed by atoms with van der Waals surface area (Å²) in [6.07, 6.45) is 6.94. The molecule has 3 nitrogen and oxygen atoms in total.